The first-order valence-corrected chi connectivity index (χ1v) is 12.0. The molecule has 0 unspecified atom stereocenters. The molecule has 166 valence electrons. The molecule has 1 aromatic carbocycles. The zero-order valence-corrected chi connectivity index (χ0v) is 18.5. The van der Waals surface area contributed by atoms with Crippen molar-refractivity contribution in [3.63, 3.8) is 0 Å². The highest BCUT2D eigenvalue weighted by molar-refractivity contribution is 7.89. The summed E-state index contributed by atoms with van der Waals surface area (Å²) in [4.78, 5) is 26.5. The minimum Gasteiger partial charge on any atom is -0.495 e. The highest BCUT2D eigenvalue weighted by Crippen LogP contribution is 2.31. The monoisotopic (exact) mass is 437 g/mol. The lowest BCUT2D eigenvalue weighted by atomic mass is 10.1. The van der Waals surface area contributed by atoms with Crippen LogP contribution in [0.4, 0.5) is 0 Å². The molecule has 2 saturated heterocycles. The molecule has 9 heteroatoms. The van der Waals surface area contributed by atoms with Crippen LogP contribution in [-0.2, 0) is 14.8 Å². The maximum Gasteiger partial charge on any atom is 0.251 e. The minimum absolute atomic E-state index is 0.000423. The van der Waals surface area contributed by atoms with Gasteiger partial charge in [0.2, 0.25) is 15.9 Å². The number of piperidine rings is 1. The predicted molar refractivity (Wildman–Crippen MR) is 113 cm³/mol. The number of likely N-dealkylation sites (tertiary alicyclic amines) is 1. The average molecular weight is 438 g/mol. The number of carbonyl (C=O) groups excluding carboxylic acids is 2. The van der Waals surface area contributed by atoms with Gasteiger partial charge in [-0.05, 0) is 50.8 Å². The summed E-state index contributed by atoms with van der Waals surface area (Å²) in [5.74, 6) is -0.159. The van der Waals surface area contributed by atoms with Gasteiger partial charge in [-0.3, -0.25) is 9.59 Å². The molecular weight excluding hydrogens is 406 g/mol. The van der Waals surface area contributed by atoms with Gasteiger partial charge in [-0.15, -0.1) is 0 Å². The number of hydrogen-bond donors (Lipinski definition) is 1. The van der Waals surface area contributed by atoms with Gasteiger partial charge in [-0.2, -0.15) is 4.31 Å². The number of ether oxygens (including phenoxy) is 1. The second-order valence-corrected chi connectivity index (χ2v) is 9.78. The molecule has 3 rings (SSSR count). The Morgan fingerprint density at radius 1 is 1.13 bits per heavy atom. The minimum atomic E-state index is -3.79. The fourth-order valence-electron chi connectivity index (χ4n) is 4.08. The summed E-state index contributed by atoms with van der Waals surface area (Å²) in [6.07, 6.45) is 4.92. The Labute approximate surface area is 178 Å². The van der Waals surface area contributed by atoms with Crippen molar-refractivity contribution in [3.8, 4) is 5.75 Å². The molecule has 2 fully saturated rings. The molecule has 2 amide bonds. The first-order valence-electron chi connectivity index (χ1n) is 10.6. The van der Waals surface area contributed by atoms with E-state index < -0.39 is 15.9 Å². The van der Waals surface area contributed by atoms with Crippen LogP contribution in [0.2, 0.25) is 0 Å². The zero-order chi connectivity index (χ0) is 21.7. The SMILES string of the molecule is COc1ccc(C(=O)NCCC(=O)N2CCCC2)cc1S(=O)(=O)N1CCCC[C@@H]1C. The van der Waals surface area contributed by atoms with E-state index in [0.29, 0.717) is 6.54 Å². The van der Waals surface area contributed by atoms with Crippen molar-refractivity contribution >= 4 is 21.8 Å². The fourth-order valence-corrected chi connectivity index (χ4v) is 5.97. The lowest BCUT2D eigenvalue weighted by molar-refractivity contribution is -0.129. The molecule has 0 bridgehead atoms. The van der Waals surface area contributed by atoms with E-state index in [0.717, 1.165) is 45.2 Å². The van der Waals surface area contributed by atoms with Gasteiger partial charge in [0.15, 0.2) is 0 Å². The van der Waals surface area contributed by atoms with Crippen molar-refractivity contribution in [1.82, 2.24) is 14.5 Å². The molecule has 0 saturated carbocycles. The Morgan fingerprint density at radius 2 is 1.83 bits per heavy atom. The molecule has 1 aromatic rings. The molecular formula is C21H31N3O5S. The van der Waals surface area contributed by atoms with Crippen LogP contribution < -0.4 is 10.1 Å². The summed E-state index contributed by atoms with van der Waals surface area (Å²) in [6, 6.07) is 4.32. The molecule has 1 N–H and O–H groups in total. The lowest BCUT2D eigenvalue weighted by Crippen LogP contribution is -2.42. The van der Waals surface area contributed by atoms with Gasteiger partial charge >= 0.3 is 0 Å². The number of sulfonamides is 1. The van der Waals surface area contributed by atoms with Crippen LogP contribution in [-0.4, -0.2) is 68.8 Å². The van der Waals surface area contributed by atoms with E-state index in [9.17, 15) is 18.0 Å². The molecule has 30 heavy (non-hydrogen) atoms. The van der Waals surface area contributed by atoms with E-state index in [1.807, 2.05) is 11.8 Å². The summed E-state index contributed by atoms with van der Waals surface area (Å²) in [7, 11) is -2.37. The molecule has 2 aliphatic heterocycles. The van der Waals surface area contributed by atoms with E-state index in [4.69, 9.17) is 4.74 Å². The number of rotatable bonds is 7. The second-order valence-electron chi connectivity index (χ2n) is 7.92. The third kappa shape index (κ3) is 4.95. The molecule has 2 aliphatic rings. The smallest absolute Gasteiger partial charge is 0.251 e. The van der Waals surface area contributed by atoms with Crippen LogP contribution in [0.25, 0.3) is 0 Å². The van der Waals surface area contributed by atoms with Gasteiger partial charge in [0.1, 0.15) is 10.6 Å². The summed E-state index contributed by atoms with van der Waals surface area (Å²) >= 11 is 0. The van der Waals surface area contributed by atoms with Gasteiger partial charge in [0.25, 0.3) is 5.91 Å². The maximum atomic E-state index is 13.3. The van der Waals surface area contributed by atoms with Gasteiger partial charge in [-0.25, -0.2) is 8.42 Å². The van der Waals surface area contributed by atoms with E-state index in [2.05, 4.69) is 5.32 Å². The standard InChI is InChI=1S/C21H31N3O5S/c1-16-7-3-4-14-24(16)30(27,28)19-15-17(8-9-18(19)29-2)21(26)22-11-10-20(25)23-12-5-6-13-23/h8-9,15-16H,3-7,10-14H2,1-2H3,(H,22,26)/t16-/m0/s1. The molecule has 0 spiro atoms. The molecule has 8 nitrogen and oxygen atoms in total. The van der Waals surface area contributed by atoms with Crippen LogP contribution in [0.5, 0.6) is 5.75 Å². The number of nitrogens with one attached hydrogen (secondary N) is 1. The van der Waals surface area contributed by atoms with Crippen molar-refractivity contribution in [3.05, 3.63) is 23.8 Å². The first kappa shape index (κ1) is 22.6. The maximum absolute atomic E-state index is 13.3. The third-order valence-corrected chi connectivity index (χ3v) is 7.87. The number of methoxy groups -OCH3 is 1. The number of benzene rings is 1. The third-order valence-electron chi connectivity index (χ3n) is 5.84. The molecule has 1 atom stereocenters. The van der Waals surface area contributed by atoms with E-state index in [1.165, 1.54) is 29.6 Å². The van der Waals surface area contributed by atoms with Gasteiger partial charge in [0.05, 0.1) is 7.11 Å². The van der Waals surface area contributed by atoms with Crippen LogP contribution in [0.3, 0.4) is 0 Å². The van der Waals surface area contributed by atoms with Gasteiger partial charge < -0.3 is 15.0 Å². The second kappa shape index (κ2) is 9.78. The first-order chi connectivity index (χ1) is 14.3. The highest BCUT2D eigenvalue weighted by Gasteiger charge is 2.33. The van der Waals surface area contributed by atoms with Crippen molar-refractivity contribution < 1.29 is 22.7 Å². The van der Waals surface area contributed by atoms with Crippen LogP contribution in [0.15, 0.2) is 23.1 Å². The largest absolute Gasteiger partial charge is 0.495 e. The summed E-state index contributed by atoms with van der Waals surface area (Å²) in [5.41, 5.74) is 0.229. The Balaban J connectivity index is 1.71. The molecule has 2 heterocycles. The van der Waals surface area contributed by atoms with Crippen molar-refractivity contribution in [1.29, 1.82) is 0 Å². The lowest BCUT2D eigenvalue weighted by Gasteiger charge is -2.32. The molecule has 0 aromatic heterocycles. The van der Waals surface area contributed by atoms with Crippen molar-refractivity contribution in [2.75, 3.05) is 33.3 Å². The molecule has 0 radical (unpaired) electrons. The summed E-state index contributed by atoms with van der Waals surface area (Å²) < 4.78 is 33.3. The quantitative estimate of drug-likeness (QED) is 0.704. The van der Waals surface area contributed by atoms with Gasteiger partial charge in [0, 0.05) is 44.2 Å². The van der Waals surface area contributed by atoms with Crippen LogP contribution in [0.1, 0.15) is 55.8 Å². The normalized spacial score (nSPS) is 20.2. The number of nitrogens with zero attached hydrogens (tertiary/aromatic N) is 2. The molecule has 0 aliphatic carbocycles. The predicted octanol–water partition coefficient (Wildman–Crippen LogP) is 2.00. The Kier molecular flexibility index (Phi) is 7.36. The number of carbonyl (C=O) groups is 2. The van der Waals surface area contributed by atoms with Gasteiger partial charge in [-0.1, -0.05) is 6.42 Å². The Bertz CT molecular complexity index is 881. The summed E-state index contributed by atoms with van der Waals surface area (Å²) in [6.45, 7) is 4.13. The topological polar surface area (TPSA) is 96.0 Å². The van der Waals surface area contributed by atoms with Crippen LogP contribution >= 0.6 is 0 Å². The van der Waals surface area contributed by atoms with Crippen molar-refractivity contribution in [2.45, 2.75) is 56.4 Å². The Hall–Kier alpha value is -2.13. The van der Waals surface area contributed by atoms with Crippen molar-refractivity contribution in [2.24, 2.45) is 0 Å². The Morgan fingerprint density at radius 3 is 2.50 bits per heavy atom. The van der Waals surface area contributed by atoms with E-state index >= 15 is 0 Å². The number of amides is 2. The van der Waals surface area contributed by atoms with E-state index in [-0.39, 0.29) is 41.1 Å². The van der Waals surface area contributed by atoms with Crippen LogP contribution in [0, 0.1) is 0 Å². The van der Waals surface area contributed by atoms with E-state index in [1.54, 1.807) is 0 Å². The fraction of sp³-hybridized carbons (Fsp3) is 0.619. The number of hydrogen-bond acceptors (Lipinski definition) is 5. The zero-order valence-electron chi connectivity index (χ0n) is 17.7. The average Bonchev–Trinajstić information content (AvgIpc) is 3.28. The highest BCUT2D eigenvalue weighted by atomic mass is 32.2. The summed E-state index contributed by atoms with van der Waals surface area (Å²) in [5, 5.41) is 2.72.